The predicted molar refractivity (Wildman–Crippen MR) is 130 cm³/mol. The number of hydrogen-bond donors (Lipinski definition) is 0. The molecule has 0 saturated heterocycles. The van der Waals surface area contributed by atoms with Crippen molar-refractivity contribution in [2.45, 2.75) is 29.9 Å². The first-order valence-corrected chi connectivity index (χ1v) is 12.0. The molecule has 0 fully saturated rings. The van der Waals surface area contributed by atoms with E-state index in [1.165, 1.54) is 0 Å². The van der Waals surface area contributed by atoms with Crippen LogP contribution in [0.4, 0.5) is 0 Å². The van der Waals surface area contributed by atoms with Gasteiger partial charge in [-0.05, 0) is 52.4 Å². The molecule has 3 aromatic carbocycles. The van der Waals surface area contributed by atoms with Gasteiger partial charge in [-0.1, -0.05) is 72.8 Å². The first-order valence-electron chi connectivity index (χ1n) is 10.7. The summed E-state index contributed by atoms with van der Waals surface area (Å²) in [5.74, 6) is 0.647. The summed E-state index contributed by atoms with van der Waals surface area (Å²) >= 11 is 0. The van der Waals surface area contributed by atoms with E-state index in [-0.39, 0.29) is 5.78 Å². The Bertz CT molecular complexity index is 1190. The van der Waals surface area contributed by atoms with Crippen LogP contribution in [-0.4, -0.2) is 15.0 Å². The zero-order valence-corrected chi connectivity index (χ0v) is 18.6. The zero-order chi connectivity index (χ0) is 22.2. The molecule has 0 aliphatic carbocycles. The van der Waals surface area contributed by atoms with E-state index in [9.17, 15) is 9.00 Å². The molecule has 0 aliphatic rings. The maximum absolute atomic E-state index is 13.0. The van der Waals surface area contributed by atoms with E-state index in [1.54, 1.807) is 12.4 Å². The van der Waals surface area contributed by atoms with E-state index in [2.05, 4.69) is 23.2 Å². The van der Waals surface area contributed by atoms with E-state index < -0.39 is 10.8 Å². The highest BCUT2D eigenvalue weighted by atomic mass is 32.2. The van der Waals surface area contributed by atoms with Crippen LogP contribution in [0.15, 0.2) is 108 Å². The van der Waals surface area contributed by atoms with Gasteiger partial charge in [0.2, 0.25) is 0 Å². The van der Waals surface area contributed by atoms with Gasteiger partial charge in [0.25, 0.3) is 0 Å². The van der Waals surface area contributed by atoms with Gasteiger partial charge in [0.05, 0.1) is 16.6 Å². The van der Waals surface area contributed by atoms with E-state index in [0.29, 0.717) is 25.0 Å². The Morgan fingerprint density at radius 2 is 1.53 bits per heavy atom. The summed E-state index contributed by atoms with van der Waals surface area (Å²) < 4.78 is 13.0. The lowest BCUT2D eigenvalue weighted by Gasteiger charge is -2.10. The molecule has 160 valence electrons. The van der Waals surface area contributed by atoms with Gasteiger partial charge in [-0.3, -0.25) is 14.0 Å². The van der Waals surface area contributed by atoms with Crippen LogP contribution in [-0.2, 0) is 34.2 Å². The number of ketones is 1. The molecular formula is C28H25NO2S. The minimum absolute atomic E-state index is 0.194. The average molecular weight is 440 g/mol. The van der Waals surface area contributed by atoms with Gasteiger partial charge in [0.1, 0.15) is 5.78 Å². The minimum Gasteiger partial charge on any atom is -0.299 e. The second-order valence-corrected chi connectivity index (χ2v) is 9.18. The van der Waals surface area contributed by atoms with Gasteiger partial charge in [0, 0.05) is 30.1 Å². The van der Waals surface area contributed by atoms with Crippen LogP contribution in [0.5, 0.6) is 0 Å². The van der Waals surface area contributed by atoms with Gasteiger partial charge in [-0.25, -0.2) is 0 Å². The number of aryl methyl sites for hydroxylation is 1. The maximum atomic E-state index is 13.0. The van der Waals surface area contributed by atoms with Crippen molar-refractivity contribution in [3.05, 3.63) is 120 Å². The van der Waals surface area contributed by atoms with Crippen molar-refractivity contribution < 1.29 is 9.00 Å². The smallest absolute Gasteiger partial charge is 0.137 e. The molecule has 4 rings (SSSR count). The lowest BCUT2D eigenvalue weighted by Crippen LogP contribution is -2.05. The minimum atomic E-state index is -1.16. The van der Waals surface area contributed by atoms with Gasteiger partial charge in [0.15, 0.2) is 0 Å². The molecule has 4 aromatic rings. The fraction of sp³-hybridized carbons (Fsp3) is 0.143. The van der Waals surface area contributed by atoms with E-state index in [1.807, 2.05) is 72.8 Å². The standard InChI is InChI=1S/C28H25NO2S/c30-26(15-12-23-7-6-18-29-20-23)19-22-13-16-27(17-14-22)32(31)21-25-10-4-5-11-28(25)24-8-2-1-3-9-24/h1-11,13-14,16-18,20H,12,15,19,21H2. The number of aromatic nitrogens is 1. The fourth-order valence-corrected chi connectivity index (χ4v) is 4.82. The van der Waals surface area contributed by atoms with E-state index >= 15 is 0 Å². The SMILES string of the molecule is O=C(CCc1cccnc1)Cc1ccc(S(=O)Cc2ccccc2-c2ccccc2)cc1. The van der Waals surface area contributed by atoms with Crippen LogP contribution in [0.25, 0.3) is 11.1 Å². The summed E-state index contributed by atoms with van der Waals surface area (Å²) in [4.78, 5) is 17.2. The van der Waals surface area contributed by atoms with Crippen molar-refractivity contribution in [3.8, 4) is 11.1 Å². The van der Waals surface area contributed by atoms with Crippen molar-refractivity contribution in [1.82, 2.24) is 4.98 Å². The van der Waals surface area contributed by atoms with Gasteiger partial charge < -0.3 is 0 Å². The largest absolute Gasteiger partial charge is 0.299 e. The van der Waals surface area contributed by atoms with Gasteiger partial charge in [-0.15, -0.1) is 0 Å². The fourth-order valence-electron chi connectivity index (χ4n) is 3.67. The lowest BCUT2D eigenvalue weighted by atomic mass is 10.0. The zero-order valence-electron chi connectivity index (χ0n) is 17.8. The Balaban J connectivity index is 1.37. The second kappa shape index (κ2) is 10.8. The van der Waals surface area contributed by atoms with Crippen molar-refractivity contribution in [1.29, 1.82) is 0 Å². The molecule has 32 heavy (non-hydrogen) atoms. The molecule has 1 unspecified atom stereocenters. The molecule has 3 nitrogen and oxygen atoms in total. The summed E-state index contributed by atoms with van der Waals surface area (Å²) in [7, 11) is -1.16. The highest BCUT2D eigenvalue weighted by Crippen LogP contribution is 2.26. The summed E-state index contributed by atoms with van der Waals surface area (Å²) in [6.45, 7) is 0. The number of carbonyl (C=O) groups excluding carboxylic acids is 1. The van der Waals surface area contributed by atoms with E-state index in [4.69, 9.17) is 0 Å². The number of benzene rings is 3. The van der Waals surface area contributed by atoms with Gasteiger partial charge >= 0.3 is 0 Å². The molecule has 1 atom stereocenters. The Hall–Kier alpha value is -3.37. The van der Waals surface area contributed by atoms with Crippen molar-refractivity contribution in [3.63, 3.8) is 0 Å². The Morgan fingerprint density at radius 1 is 0.781 bits per heavy atom. The third-order valence-electron chi connectivity index (χ3n) is 5.39. The third-order valence-corrected chi connectivity index (χ3v) is 6.76. The molecule has 0 aliphatic heterocycles. The van der Waals surface area contributed by atoms with E-state index in [0.717, 1.165) is 32.7 Å². The van der Waals surface area contributed by atoms with Crippen LogP contribution in [0.2, 0.25) is 0 Å². The van der Waals surface area contributed by atoms with Crippen molar-refractivity contribution >= 4 is 16.6 Å². The summed E-state index contributed by atoms with van der Waals surface area (Å²) in [5, 5.41) is 0. The molecule has 0 spiro atoms. The van der Waals surface area contributed by atoms with Crippen molar-refractivity contribution in [2.24, 2.45) is 0 Å². The quantitative estimate of drug-likeness (QED) is 0.331. The van der Waals surface area contributed by atoms with Crippen LogP contribution < -0.4 is 0 Å². The molecule has 0 saturated carbocycles. The molecule has 0 bridgehead atoms. The van der Waals surface area contributed by atoms with Crippen LogP contribution in [0, 0.1) is 0 Å². The maximum Gasteiger partial charge on any atom is 0.137 e. The number of carbonyl (C=O) groups is 1. The topological polar surface area (TPSA) is 47.0 Å². The van der Waals surface area contributed by atoms with Crippen LogP contribution in [0.3, 0.4) is 0 Å². The number of pyridine rings is 1. The Labute approximate surface area is 191 Å². The Kier molecular flexibility index (Phi) is 7.36. The highest BCUT2D eigenvalue weighted by molar-refractivity contribution is 7.84. The highest BCUT2D eigenvalue weighted by Gasteiger charge is 2.11. The van der Waals surface area contributed by atoms with Crippen LogP contribution in [0.1, 0.15) is 23.1 Å². The first kappa shape index (κ1) is 21.8. The first-order chi connectivity index (χ1) is 15.7. The number of rotatable bonds is 9. The molecule has 4 heteroatoms. The Morgan fingerprint density at radius 3 is 2.28 bits per heavy atom. The molecule has 1 heterocycles. The molecule has 1 aromatic heterocycles. The number of hydrogen-bond acceptors (Lipinski definition) is 3. The molecule has 0 amide bonds. The van der Waals surface area contributed by atoms with Crippen LogP contribution >= 0.6 is 0 Å². The predicted octanol–water partition coefficient (Wildman–Crippen LogP) is 5.80. The monoisotopic (exact) mass is 439 g/mol. The molecule has 0 radical (unpaired) electrons. The second-order valence-electron chi connectivity index (χ2n) is 7.73. The summed E-state index contributed by atoms with van der Waals surface area (Å²) in [6, 6.07) is 29.7. The molecular weight excluding hydrogens is 414 g/mol. The normalized spacial score (nSPS) is 11.8. The summed E-state index contributed by atoms with van der Waals surface area (Å²) in [6.07, 6.45) is 5.12. The summed E-state index contributed by atoms with van der Waals surface area (Å²) in [5.41, 5.74) is 5.32. The number of nitrogens with zero attached hydrogens (tertiary/aromatic N) is 1. The lowest BCUT2D eigenvalue weighted by molar-refractivity contribution is -0.118. The molecule has 0 N–H and O–H groups in total. The van der Waals surface area contributed by atoms with Gasteiger partial charge in [-0.2, -0.15) is 0 Å². The average Bonchev–Trinajstić information content (AvgIpc) is 2.85. The third kappa shape index (κ3) is 5.86. The number of Topliss-reactive ketones (excluding diaryl/α,β-unsaturated/α-hetero) is 1. The van der Waals surface area contributed by atoms with Crippen molar-refractivity contribution in [2.75, 3.05) is 0 Å².